The molecule has 0 spiro atoms. The van der Waals surface area contributed by atoms with Crippen molar-refractivity contribution in [3.05, 3.63) is 169 Å². The number of hydrogen-bond acceptors (Lipinski definition) is 5. The van der Waals surface area contributed by atoms with Crippen LogP contribution in [0, 0.1) is 37.0 Å². The fourth-order valence-electron chi connectivity index (χ4n) is 5.58. The molecular weight excluding hydrogens is 947 g/mol. The van der Waals surface area contributed by atoms with Crippen LogP contribution in [0.2, 0.25) is 51.4 Å². The first-order chi connectivity index (χ1) is 25.4. The Hall–Kier alpha value is -2.62. The van der Waals surface area contributed by atoms with Gasteiger partial charge in [0.25, 0.3) is 0 Å². The van der Waals surface area contributed by atoms with E-state index < -0.39 is 39.7 Å². The summed E-state index contributed by atoms with van der Waals surface area (Å²) in [4.78, 5) is 12.2. The van der Waals surface area contributed by atoms with Gasteiger partial charge in [0.05, 0.1) is 6.04 Å². The molecule has 296 valence electrons. The molecule has 2 aliphatic rings. The van der Waals surface area contributed by atoms with Crippen LogP contribution < -0.4 is 15.9 Å². The third-order valence-corrected chi connectivity index (χ3v) is 14.0. The van der Waals surface area contributed by atoms with Gasteiger partial charge in [0.2, 0.25) is 0 Å². The van der Waals surface area contributed by atoms with Gasteiger partial charge < -0.3 is 15.1 Å². The van der Waals surface area contributed by atoms with Crippen LogP contribution in [0.3, 0.4) is 0 Å². The first-order valence-electron chi connectivity index (χ1n) is 17.3. The van der Waals surface area contributed by atoms with E-state index in [9.17, 15) is 13.2 Å². The number of halogens is 3. The molecule has 0 saturated heterocycles. The van der Waals surface area contributed by atoms with Gasteiger partial charge in [-0.2, -0.15) is 13.2 Å². The van der Waals surface area contributed by atoms with Crippen LogP contribution in [-0.4, -0.2) is 40.8 Å². The summed E-state index contributed by atoms with van der Waals surface area (Å²) in [5.74, 6) is 0.552. The van der Waals surface area contributed by atoms with E-state index in [2.05, 4.69) is 161 Å². The number of nitrogens with zero attached hydrogens (tertiary/aromatic N) is 2. The van der Waals surface area contributed by atoms with E-state index in [4.69, 9.17) is 28.5 Å². The molecule has 0 unspecified atom stereocenters. The van der Waals surface area contributed by atoms with E-state index in [0.717, 1.165) is 0 Å². The number of fused-ring (bicyclic) bond motifs is 1. The van der Waals surface area contributed by atoms with Gasteiger partial charge in [-0.3, -0.25) is 4.99 Å². The van der Waals surface area contributed by atoms with Crippen molar-refractivity contribution < 1.29 is 46.6 Å². The van der Waals surface area contributed by atoms with Crippen molar-refractivity contribution in [2.75, 3.05) is 0 Å². The van der Waals surface area contributed by atoms with Gasteiger partial charge in [-0.15, -0.1) is 0 Å². The van der Waals surface area contributed by atoms with Gasteiger partial charge >= 0.3 is 5.51 Å². The zero-order valence-corrected chi connectivity index (χ0v) is 38.3. The topological polar surface area (TPSA) is 109 Å². The predicted molar refractivity (Wildman–Crippen MR) is 226 cm³/mol. The Bertz CT molecular complexity index is 1650. The van der Waals surface area contributed by atoms with E-state index >= 15 is 0 Å². The Morgan fingerprint density at radius 2 is 0.927 bits per heavy atom. The number of aliphatic imine (C=N–C) groups is 1. The van der Waals surface area contributed by atoms with Crippen LogP contribution in [0.1, 0.15) is 23.1 Å². The molecule has 55 heavy (non-hydrogen) atoms. The number of rotatable bonds is 7. The summed E-state index contributed by atoms with van der Waals surface area (Å²) in [5.41, 5.74) is 3.15. The summed E-state index contributed by atoms with van der Waals surface area (Å²) in [6.07, 6.45) is 12.3. The van der Waals surface area contributed by atoms with Gasteiger partial charge in [0, 0.05) is 48.7 Å². The molecule has 0 aromatic heterocycles. The fourth-order valence-corrected chi connectivity index (χ4v) is 11.0. The molecular formula is C41H49F3N2O4PReSSi2-2. The molecule has 4 aromatic rings. The maximum atomic E-state index is 10.7. The smallest absolute Gasteiger partial charge is 0.485 e. The average molecular weight is 996 g/mol. The van der Waals surface area contributed by atoms with Gasteiger partial charge in [0.1, 0.15) is 0 Å². The van der Waals surface area contributed by atoms with Crippen LogP contribution in [0.15, 0.2) is 120 Å². The fraction of sp³-hybridized carbons (Fsp3) is 0.268. The first kappa shape index (κ1) is 50.4. The van der Waals surface area contributed by atoms with E-state index in [1.807, 2.05) is 32.1 Å². The average Bonchev–Trinajstić information content (AvgIpc) is 3.71. The molecule has 1 aliphatic carbocycles. The second-order valence-corrected chi connectivity index (χ2v) is 29.4. The van der Waals surface area contributed by atoms with Crippen molar-refractivity contribution in [2.45, 2.75) is 68.8 Å². The molecule has 14 heteroatoms. The van der Waals surface area contributed by atoms with Gasteiger partial charge in [-0.05, 0) is 79.2 Å². The van der Waals surface area contributed by atoms with E-state index in [1.54, 1.807) is 5.56 Å². The molecule has 1 heterocycles. The van der Waals surface area contributed by atoms with Crippen LogP contribution >= 0.6 is 7.92 Å². The monoisotopic (exact) mass is 996 g/mol. The zero-order chi connectivity index (χ0) is 40.4. The normalized spacial score (nSPS) is 16.2. The van der Waals surface area contributed by atoms with Gasteiger partial charge in [-0.1, -0.05) is 155 Å². The molecule has 1 fully saturated rings. The van der Waals surface area contributed by atoms with Crippen LogP contribution in [-0.2, 0) is 30.5 Å². The molecule has 4 aromatic carbocycles. The van der Waals surface area contributed by atoms with E-state index in [0.29, 0.717) is 12.0 Å². The number of alkyl halides is 3. The summed E-state index contributed by atoms with van der Waals surface area (Å²) in [5, 5.41) is 4.19. The van der Waals surface area contributed by atoms with Crippen LogP contribution in [0.5, 0.6) is 0 Å². The van der Waals surface area contributed by atoms with E-state index in [1.165, 1.54) is 33.6 Å². The van der Waals surface area contributed by atoms with Gasteiger partial charge in [0.15, 0.2) is 10.1 Å². The molecule has 0 N–H and O–H groups in total. The summed E-state index contributed by atoms with van der Waals surface area (Å²) in [7, 11) is -8.69. The minimum Gasteiger partial charge on any atom is -0.741 e. The summed E-state index contributed by atoms with van der Waals surface area (Å²) in [6, 6.07) is 44.3. The molecule has 6 nitrogen and oxygen atoms in total. The molecule has 6 rings (SSSR count). The Morgan fingerprint density at radius 1 is 0.618 bits per heavy atom. The number of benzene rings is 4. The quantitative estimate of drug-likeness (QED) is 0.0795. The Morgan fingerprint density at radius 3 is 1.24 bits per heavy atom. The van der Waals surface area contributed by atoms with Crippen molar-refractivity contribution in [1.82, 2.24) is 0 Å². The van der Waals surface area contributed by atoms with Crippen molar-refractivity contribution in [1.29, 1.82) is 0 Å². The second kappa shape index (κ2) is 24.2. The van der Waals surface area contributed by atoms with Crippen LogP contribution in [0.4, 0.5) is 13.2 Å². The SMILES string of the molecule is C[Si](C)(C)C[C@@H]1C=N[C@H](C[Si](C)(C)C)c2ccccc21.O=S(=O)([O-])C(F)(F)F.[CH]1[CH][CH][CH][CH]1.[N-]=O.[Re].c1ccc(P(c2ccccc2)c2ccccc2)cc1. The predicted octanol–water partition coefficient (Wildman–Crippen LogP) is 10.4. The molecule has 0 amide bonds. The third kappa shape index (κ3) is 18.9. The molecule has 0 bridgehead atoms. The largest absolute Gasteiger partial charge is 0.741 e. The molecule has 1 saturated carbocycles. The minimum atomic E-state index is -6.09. The van der Waals surface area contributed by atoms with E-state index in [-0.39, 0.29) is 20.4 Å². The second-order valence-electron chi connectivity index (χ2n) is 14.8. The third-order valence-electron chi connectivity index (χ3n) is 7.72. The summed E-state index contributed by atoms with van der Waals surface area (Å²) >= 11 is 0. The number of nitroso groups, excluding NO2 is 1. The first-order valence-corrected chi connectivity index (χ1v) is 27.5. The Balaban J connectivity index is 0.000000399. The molecule has 1 aliphatic heterocycles. The maximum Gasteiger partial charge on any atom is 0.485 e. The minimum absolute atomic E-state index is 0. The maximum absolute atomic E-state index is 10.7. The molecule has 2 atom stereocenters. The van der Waals surface area contributed by atoms with Gasteiger partial charge in [-0.25, -0.2) is 8.42 Å². The Kier molecular flexibility index (Phi) is 22.2. The summed E-state index contributed by atoms with van der Waals surface area (Å²) in [6.45, 7) is 14.7. The standard InChI is InChI=1S/C18H15P.C17H29NSi2.C5H5.CHF3O3S.NO.Re/c1-4-10-16(11-5-1)19(17-12-6-2-7-13-17)18-14-8-3-9-15-18;1-19(2,3)12-14-11-18-17(13-20(4,5)6)16-10-8-7-9-15(14)16;1-2-4-5-3-1;2-1(3,4)8(5,6)7;1-2;/h1-15H;7-11,14,17H,12-13H2,1-6H3;1-5H;(H,5,6,7);;/q;;;;-1;/p-1/t;14-,17+;;;;/m.0..../s1. The van der Waals surface area contributed by atoms with Crippen molar-refractivity contribution in [3.63, 3.8) is 0 Å². The Labute approximate surface area is 343 Å². The van der Waals surface area contributed by atoms with Crippen molar-refractivity contribution in [2.24, 2.45) is 4.99 Å². The zero-order valence-electron chi connectivity index (χ0n) is 31.9. The van der Waals surface area contributed by atoms with Crippen LogP contribution in [0.25, 0.3) is 5.59 Å². The summed E-state index contributed by atoms with van der Waals surface area (Å²) < 4.78 is 58.9. The van der Waals surface area contributed by atoms with Crippen molar-refractivity contribution in [3.8, 4) is 0 Å². The molecule has 6 radical (unpaired) electrons. The number of hydrogen-bond donors (Lipinski definition) is 0. The van der Waals surface area contributed by atoms with Crippen molar-refractivity contribution >= 4 is 56.3 Å².